The molecule has 4 aromatic heterocycles. The molecule has 11 nitrogen and oxygen atoms in total. The Bertz CT molecular complexity index is 1530. The zero-order valence-electron chi connectivity index (χ0n) is 24.7. The molecule has 0 spiro atoms. The molecule has 1 aliphatic heterocycles. The number of nitriles is 1. The maximum absolute atomic E-state index is 13.1. The van der Waals surface area contributed by atoms with Crippen molar-refractivity contribution in [2.75, 3.05) is 44.3 Å². The molecule has 0 bridgehead atoms. The summed E-state index contributed by atoms with van der Waals surface area (Å²) < 4.78 is 13.2. The average molecular weight is 583 g/mol. The monoisotopic (exact) mass is 582 g/mol. The third kappa shape index (κ3) is 7.66. The Morgan fingerprint density at radius 2 is 2.19 bits per heavy atom. The molecule has 1 aliphatic rings. The van der Waals surface area contributed by atoms with E-state index < -0.39 is 0 Å². The molecule has 0 saturated carbocycles. The molecule has 1 fully saturated rings. The van der Waals surface area contributed by atoms with Gasteiger partial charge >= 0.3 is 0 Å². The van der Waals surface area contributed by atoms with E-state index in [2.05, 4.69) is 38.6 Å². The highest BCUT2D eigenvalue weighted by atomic mass is 16.5. The summed E-state index contributed by atoms with van der Waals surface area (Å²) in [5.41, 5.74) is 3.78. The molecule has 0 radical (unpaired) electrons. The molecule has 43 heavy (non-hydrogen) atoms. The first kappa shape index (κ1) is 29.9. The van der Waals surface area contributed by atoms with Crippen molar-refractivity contribution in [3.63, 3.8) is 0 Å². The lowest BCUT2D eigenvalue weighted by Crippen LogP contribution is -2.48. The van der Waals surface area contributed by atoms with Crippen LogP contribution in [-0.2, 0) is 16.0 Å². The smallest absolute Gasteiger partial charge is 0.222 e. The van der Waals surface area contributed by atoms with Crippen LogP contribution in [0, 0.1) is 11.3 Å². The number of ether oxygens (including phenoxy) is 2. The Morgan fingerprint density at radius 3 is 2.88 bits per heavy atom. The van der Waals surface area contributed by atoms with E-state index in [1.807, 2.05) is 49.5 Å². The van der Waals surface area contributed by atoms with Crippen molar-refractivity contribution >= 4 is 17.2 Å². The van der Waals surface area contributed by atoms with Crippen molar-refractivity contribution in [3.05, 3.63) is 72.4 Å². The predicted octanol–water partition coefficient (Wildman–Crippen LogP) is 3.38. The van der Waals surface area contributed by atoms with E-state index in [0.29, 0.717) is 56.0 Å². The lowest BCUT2D eigenvalue weighted by Gasteiger charge is -2.30. The largest absolute Gasteiger partial charge is 0.492 e. The van der Waals surface area contributed by atoms with Gasteiger partial charge in [0, 0.05) is 61.8 Å². The minimum Gasteiger partial charge on any atom is -0.492 e. The van der Waals surface area contributed by atoms with Gasteiger partial charge in [0.05, 0.1) is 55.3 Å². The first-order chi connectivity index (χ1) is 21.1. The molecule has 0 aromatic carbocycles. The van der Waals surface area contributed by atoms with Crippen molar-refractivity contribution in [1.29, 1.82) is 5.26 Å². The van der Waals surface area contributed by atoms with Crippen molar-refractivity contribution < 1.29 is 14.3 Å². The normalized spacial score (nSPS) is 15.5. The van der Waals surface area contributed by atoms with Crippen molar-refractivity contribution in [1.82, 2.24) is 30.2 Å². The molecular weight excluding hydrogens is 544 g/mol. The zero-order valence-corrected chi connectivity index (χ0v) is 24.7. The number of carbonyl (C=O) groups excluding carboxylic acids is 1. The number of hydrogen-bond acceptors (Lipinski definition) is 9. The molecule has 4 aromatic rings. The fourth-order valence-corrected chi connectivity index (χ4v) is 5.39. The Balaban J connectivity index is 1.38. The highest BCUT2D eigenvalue weighted by Gasteiger charge is 2.23. The van der Waals surface area contributed by atoms with E-state index in [-0.39, 0.29) is 18.1 Å². The summed E-state index contributed by atoms with van der Waals surface area (Å²) in [6, 6.07) is 13.8. The number of nitrogens with one attached hydrogen (secondary N) is 2. The maximum atomic E-state index is 13.1. The molecule has 2 atom stereocenters. The number of nitrogens with zero attached hydrogens (tertiary/aromatic N) is 6. The van der Waals surface area contributed by atoms with Crippen molar-refractivity contribution in [3.8, 4) is 22.9 Å². The van der Waals surface area contributed by atoms with Gasteiger partial charge in [-0.15, -0.1) is 0 Å². The van der Waals surface area contributed by atoms with E-state index in [1.165, 1.54) is 0 Å². The Kier molecular flexibility index (Phi) is 10.2. The summed E-state index contributed by atoms with van der Waals surface area (Å²) in [7, 11) is 0. The third-order valence-electron chi connectivity index (χ3n) is 7.30. The number of amides is 1. The second-order valence-electron chi connectivity index (χ2n) is 10.5. The molecular formula is C32H38N8O3. The van der Waals surface area contributed by atoms with Crippen LogP contribution in [-0.4, -0.2) is 77.0 Å². The molecule has 224 valence electrons. The van der Waals surface area contributed by atoms with Crippen LogP contribution in [0.25, 0.3) is 16.6 Å². The Hall–Kier alpha value is -4.53. The highest BCUT2D eigenvalue weighted by Crippen LogP contribution is 2.31. The van der Waals surface area contributed by atoms with Crippen LogP contribution in [0.2, 0.25) is 0 Å². The average Bonchev–Trinajstić information content (AvgIpc) is 3.45. The standard InChI is InChI=1S/C32H38N8O3/c1-3-12-39(21-26(14-25-7-5-6-10-35-25)38-31(41)16-27-20-34-11-13-43-27)30-9-8-23(18-36-30)29-15-28(42-4-2)22-40-32(29)24(17-33)19-37-40/h5-10,15,18-19,22,26-27,34H,3-4,11-14,16,20-21H2,1-2H3,(H,38,41). The quantitative estimate of drug-likeness (QED) is 0.244. The molecule has 11 heteroatoms. The number of rotatable bonds is 13. The van der Waals surface area contributed by atoms with Crippen LogP contribution in [0.3, 0.4) is 0 Å². The van der Waals surface area contributed by atoms with Crippen LogP contribution >= 0.6 is 0 Å². The van der Waals surface area contributed by atoms with E-state index in [9.17, 15) is 10.1 Å². The number of hydrogen-bond donors (Lipinski definition) is 2. The molecule has 2 N–H and O–H groups in total. The second-order valence-corrected chi connectivity index (χ2v) is 10.5. The summed E-state index contributed by atoms with van der Waals surface area (Å²) >= 11 is 0. The van der Waals surface area contributed by atoms with Gasteiger partial charge in [0.1, 0.15) is 17.6 Å². The summed E-state index contributed by atoms with van der Waals surface area (Å²) in [6.45, 7) is 7.99. The summed E-state index contributed by atoms with van der Waals surface area (Å²) in [6.07, 6.45) is 8.61. The van der Waals surface area contributed by atoms with Gasteiger partial charge in [-0.05, 0) is 43.7 Å². The number of morpholine rings is 1. The molecule has 1 amide bonds. The second kappa shape index (κ2) is 14.6. The van der Waals surface area contributed by atoms with Crippen LogP contribution in [0.5, 0.6) is 5.75 Å². The van der Waals surface area contributed by atoms with E-state index >= 15 is 0 Å². The summed E-state index contributed by atoms with van der Waals surface area (Å²) in [4.78, 5) is 24.6. The van der Waals surface area contributed by atoms with Gasteiger partial charge in [-0.2, -0.15) is 10.4 Å². The van der Waals surface area contributed by atoms with Gasteiger partial charge in [0.15, 0.2) is 0 Å². The predicted molar refractivity (Wildman–Crippen MR) is 164 cm³/mol. The first-order valence-corrected chi connectivity index (χ1v) is 14.8. The number of pyridine rings is 3. The lowest BCUT2D eigenvalue weighted by atomic mass is 10.0. The third-order valence-corrected chi connectivity index (χ3v) is 7.30. The van der Waals surface area contributed by atoms with Crippen LogP contribution in [0.15, 0.2) is 61.2 Å². The Morgan fingerprint density at radius 1 is 1.28 bits per heavy atom. The molecule has 1 saturated heterocycles. The van der Waals surface area contributed by atoms with E-state index in [1.54, 1.807) is 23.1 Å². The molecule has 2 unspecified atom stereocenters. The topological polar surface area (TPSA) is 130 Å². The van der Waals surface area contributed by atoms with Gasteiger partial charge < -0.3 is 25.0 Å². The van der Waals surface area contributed by atoms with Gasteiger partial charge in [-0.25, -0.2) is 9.50 Å². The number of anilines is 1. The van der Waals surface area contributed by atoms with Crippen LogP contribution in [0.4, 0.5) is 5.82 Å². The van der Waals surface area contributed by atoms with Gasteiger partial charge in [0.25, 0.3) is 0 Å². The van der Waals surface area contributed by atoms with E-state index in [0.717, 1.165) is 42.1 Å². The summed E-state index contributed by atoms with van der Waals surface area (Å²) in [5.74, 6) is 1.43. The van der Waals surface area contributed by atoms with Crippen LogP contribution in [0.1, 0.15) is 37.9 Å². The molecule has 0 aliphatic carbocycles. The maximum Gasteiger partial charge on any atom is 0.222 e. The summed E-state index contributed by atoms with van der Waals surface area (Å²) in [5, 5.41) is 20.6. The van der Waals surface area contributed by atoms with Gasteiger partial charge in [-0.3, -0.25) is 9.78 Å². The zero-order chi connectivity index (χ0) is 30.0. The van der Waals surface area contributed by atoms with Gasteiger partial charge in [0.2, 0.25) is 5.91 Å². The van der Waals surface area contributed by atoms with Crippen LogP contribution < -0.4 is 20.3 Å². The number of aromatic nitrogens is 4. The van der Waals surface area contributed by atoms with Crippen molar-refractivity contribution in [2.24, 2.45) is 0 Å². The molecule has 5 rings (SSSR count). The fraction of sp³-hybridized carbons (Fsp3) is 0.406. The highest BCUT2D eigenvalue weighted by molar-refractivity contribution is 5.85. The van der Waals surface area contributed by atoms with Crippen molar-refractivity contribution in [2.45, 2.75) is 45.3 Å². The Labute approximate surface area is 251 Å². The van der Waals surface area contributed by atoms with Gasteiger partial charge in [-0.1, -0.05) is 13.0 Å². The number of carbonyl (C=O) groups is 1. The minimum absolute atomic E-state index is 0.0401. The molecule has 5 heterocycles. The van der Waals surface area contributed by atoms with E-state index in [4.69, 9.17) is 14.5 Å². The number of fused-ring (bicyclic) bond motifs is 1. The fourth-order valence-electron chi connectivity index (χ4n) is 5.39. The minimum atomic E-state index is -0.181. The SMILES string of the molecule is CCCN(CC(Cc1ccccn1)NC(=O)CC1CNCCO1)c1ccc(-c2cc(OCC)cn3ncc(C#N)c23)cn1. The first-order valence-electron chi connectivity index (χ1n) is 14.8. The lowest BCUT2D eigenvalue weighted by molar-refractivity contribution is -0.125.